The third-order valence-corrected chi connectivity index (χ3v) is 3.26. The largest absolute Gasteiger partial charge is 0.354 e. The van der Waals surface area contributed by atoms with Crippen LogP contribution in [0.5, 0.6) is 0 Å². The summed E-state index contributed by atoms with van der Waals surface area (Å²) in [6, 6.07) is 2.89. The lowest BCUT2D eigenvalue weighted by molar-refractivity contribution is 0.128. The molecule has 3 nitrogen and oxygen atoms in total. The Bertz CT molecular complexity index is 378. The summed E-state index contributed by atoms with van der Waals surface area (Å²) >= 11 is 0. The Hall–Kier alpha value is -1.16. The van der Waals surface area contributed by atoms with Gasteiger partial charge in [0, 0.05) is 44.0 Å². The van der Waals surface area contributed by atoms with Crippen LogP contribution < -0.4 is 4.90 Å². The average Bonchev–Trinajstić information content (AvgIpc) is 2.28. The lowest BCUT2D eigenvalue weighted by atomic mass is 10.1. The van der Waals surface area contributed by atoms with Crippen molar-refractivity contribution in [3.63, 3.8) is 0 Å². The maximum Gasteiger partial charge on any atom is 0.131 e. The summed E-state index contributed by atoms with van der Waals surface area (Å²) in [5, 5.41) is 0. The van der Waals surface area contributed by atoms with Crippen LogP contribution in [0.4, 0.5) is 10.2 Å². The molecule has 17 heavy (non-hydrogen) atoms. The SMILES string of the molecule is CC(C)(C)N1CCN(c2cc(F)ccn2)CC1. The van der Waals surface area contributed by atoms with Gasteiger partial charge < -0.3 is 4.90 Å². The van der Waals surface area contributed by atoms with E-state index >= 15 is 0 Å². The van der Waals surface area contributed by atoms with Gasteiger partial charge in [0.1, 0.15) is 11.6 Å². The van der Waals surface area contributed by atoms with Gasteiger partial charge in [0.05, 0.1) is 0 Å². The molecule has 4 heteroatoms. The molecule has 0 radical (unpaired) electrons. The molecule has 0 N–H and O–H groups in total. The van der Waals surface area contributed by atoms with Gasteiger partial charge in [-0.15, -0.1) is 0 Å². The molecule has 2 heterocycles. The molecule has 0 spiro atoms. The zero-order valence-electron chi connectivity index (χ0n) is 10.8. The molecular weight excluding hydrogens is 217 g/mol. The second-order valence-corrected chi connectivity index (χ2v) is 5.48. The molecule has 0 aliphatic carbocycles. The van der Waals surface area contributed by atoms with Crippen LogP contribution in [0, 0.1) is 5.82 Å². The maximum atomic E-state index is 13.1. The number of hydrogen-bond acceptors (Lipinski definition) is 3. The number of aromatic nitrogens is 1. The first-order valence-electron chi connectivity index (χ1n) is 6.08. The molecule has 0 amide bonds. The van der Waals surface area contributed by atoms with Crippen LogP contribution in [-0.2, 0) is 0 Å². The summed E-state index contributed by atoms with van der Waals surface area (Å²) in [5.41, 5.74) is 0.210. The Kier molecular flexibility index (Phi) is 3.33. The van der Waals surface area contributed by atoms with Gasteiger partial charge >= 0.3 is 0 Å². The van der Waals surface area contributed by atoms with Crippen LogP contribution in [-0.4, -0.2) is 41.6 Å². The van der Waals surface area contributed by atoms with Crippen LogP contribution >= 0.6 is 0 Å². The van der Waals surface area contributed by atoms with Gasteiger partial charge in [-0.05, 0) is 26.8 Å². The van der Waals surface area contributed by atoms with Gasteiger partial charge in [0.15, 0.2) is 0 Å². The second kappa shape index (κ2) is 4.61. The van der Waals surface area contributed by atoms with E-state index in [1.54, 1.807) is 0 Å². The highest BCUT2D eigenvalue weighted by molar-refractivity contribution is 5.38. The molecule has 1 saturated heterocycles. The predicted molar refractivity (Wildman–Crippen MR) is 67.7 cm³/mol. The van der Waals surface area contributed by atoms with Crippen LogP contribution in [0.3, 0.4) is 0 Å². The topological polar surface area (TPSA) is 19.4 Å². The van der Waals surface area contributed by atoms with Crippen LogP contribution in [0.25, 0.3) is 0 Å². The molecule has 1 aromatic heterocycles. The molecular formula is C13H20FN3. The molecule has 1 aromatic rings. The zero-order valence-corrected chi connectivity index (χ0v) is 10.8. The predicted octanol–water partition coefficient (Wildman–Crippen LogP) is 2.14. The minimum atomic E-state index is -0.215. The number of hydrogen-bond donors (Lipinski definition) is 0. The van der Waals surface area contributed by atoms with Crippen molar-refractivity contribution in [2.45, 2.75) is 26.3 Å². The minimum Gasteiger partial charge on any atom is -0.354 e. The van der Waals surface area contributed by atoms with Crippen molar-refractivity contribution in [1.82, 2.24) is 9.88 Å². The Labute approximate surface area is 102 Å². The molecule has 0 aromatic carbocycles. The highest BCUT2D eigenvalue weighted by Gasteiger charge is 2.26. The van der Waals surface area contributed by atoms with Gasteiger partial charge in [-0.2, -0.15) is 0 Å². The van der Waals surface area contributed by atoms with E-state index in [2.05, 4.69) is 35.6 Å². The number of pyridine rings is 1. The van der Waals surface area contributed by atoms with Gasteiger partial charge in [-0.25, -0.2) is 9.37 Å². The number of piperazine rings is 1. The molecule has 0 bridgehead atoms. The van der Waals surface area contributed by atoms with Gasteiger partial charge in [0.25, 0.3) is 0 Å². The molecule has 1 fully saturated rings. The summed E-state index contributed by atoms with van der Waals surface area (Å²) in [7, 11) is 0. The van der Waals surface area contributed by atoms with E-state index in [0.29, 0.717) is 0 Å². The normalized spacial score (nSPS) is 18.5. The molecule has 2 rings (SSSR count). The maximum absolute atomic E-state index is 13.1. The monoisotopic (exact) mass is 237 g/mol. The summed E-state index contributed by atoms with van der Waals surface area (Å²) in [6.07, 6.45) is 1.53. The van der Waals surface area contributed by atoms with E-state index in [9.17, 15) is 4.39 Å². The molecule has 1 aliphatic rings. The van der Waals surface area contributed by atoms with Gasteiger partial charge in [-0.1, -0.05) is 0 Å². The third kappa shape index (κ3) is 2.94. The number of rotatable bonds is 1. The summed E-state index contributed by atoms with van der Waals surface area (Å²) in [4.78, 5) is 8.81. The Morgan fingerprint density at radius 3 is 2.35 bits per heavy atom. The Balaban J connectivity index is 2.00. The zero-order chi connectivity index (χ0) is 12.5. The van der Waals surface area contributed by atoms with Crippen LogP contribution in [0.2, 0.25) is 0 Å². The first kappa shape index (κ1) is 12.3. The van der Waals surface area contributed by atoms with E-state index in [4.69, 9.17) is 0 Å². The first-order valence-corrected chi connectivity index (χ1v) is 6.08. The Morgan fingerprint density at radius 1 is 1.18 bits per heavy atom. The number of halogens is 1. The van der Waals surface area contributed by atoms with Crippen LogP contribution in [0.15, 0.2) is 18.3 Å². The molecule has 0 saturated carbocycles. The summed E-state index contributed by atoms with van der Waals surface area (Å²) < 4.78 is 13.1. The number of anilines is 1. The standard InChI is InChI=1S/C13H20FN3/c1-13(2,3)17-8-6-16(7-9-17)12-10-11(14)4-5-15-12/h4-5,10H,6-9H2,1-3H3. The molecule has 0 unspecified atom stereocenters. The van der Waals surface area contributed by atoms with Crippen molar-refractivity contribution in [2.75, 3.05) is 31.1 Å². The minimum absolute atomic E-state index is 0.210. The van der Waals surface area contributed by atoms with Gasteiger partial charge in [0.2, 0.25) is 0 Å². The molecule has 0 atom stereocenters. The van der Waals surface area contributed by atoms with Crippen molar-refractivity contribution >= 4 is 5.82 Å². The van der Waals surface area contributed by atoms with Gasteiger partial charge in [-0.3, -0.25) is 4.90 Å². The molecule has 94 valence electrons. The third-order valence-electron chi connectivity index (χ3n) is 3.26. The second-order valence-electron chi connectivity index (χ2n) is 5.48. The van der Waals surface area contributed by atoms with E-state index < -0.39 is 0 Å². The Morgan fingerprint density at radius 2 is 1.82 bits per heavy atom. The number of nitrogens with zero attached hydrogens (tertiary/aromatic N) is 3. The smallest absolute Gasteiger partial charge is 0.131 e. The lowest BCUT2D eigenvalue weighted by Gasteiger charge is -2.42. The summed E-state index contributed by atoms with van der Waals surface area (Å²) in [5.74, 6) is 0.534. The van der Waals surface area contributed by atoms with Crippen LogP contribution in [0.1, 0.15) is 20.8 Å². The average molecular weight is 237 g/mol. The fourth-order valence-electron chi connectivity index (χ4n) is 2.17. The van der Waals surface area contributed by atoms with Crippen molar-refractivity contribution < 1.29 is 4.39 Å². The first-order chi connectivity index (χ1) is 7.97. The van der Waals surface area contributed by atoms with E-state index in [-0.39, 0.29) is 11.4 Å². The molecule has 1 aliphatic heterocycles. The van der Waals surface area contributed by atoms with E-state index in [1.807, 2.05) is 0 Å². The van der Waals surface area contributed by atoms with Crippen molar-refractivity contribution in [1.29, 1.82) is 0 Å². The van der Waals surface area contributed by atoms with E-state index in [1.165, 1.54) is 18.3 Å². The fourth-order valence-corrected chi connectivity index (χ4v) is 2.17. The van der Waals surface area contributed by atoms with E-state index in [0.717, 1.165) is 32.0 Å². The lowest BCUT2D eigenvalue weighted by Crippen LogP contribution is -2.53. The highest BCUT2D eigenvalue weighted by Crippen LogP contribution is 2.19. The fraction of sp³-hybridized carbons (Fsp3) is 0.615. The van der Waals surface area contributed by atoms with Crippen molar-refractivity contribution in [3.05, 3.63) is 24.1 Å². The quantitative estimate of drug-likeness (QED) is 0.746. The van der Waals surface area contributed by atoms with Crippen molar-refractivity contribution in [3.8, 4) is 0 Å². The van der Waals surface area contributed by atoms with Crippen molar-refractivity contribution in [2.24, 2.45) is 0 Å². The highest BCUT2D eigenvalue weighted by atomic mass is 19.1. The summed E-state index contributed by atoms with van der Waals surface area (Å²) in [6.45, 7) is 10.5.